The summed E-state index contributed by atoms with van der Waals surface area (Å²) in [5, 5.41) is 3.33. The number of nitrogens with zero attached hydrogens (tertiary/aromatic N) is 2. The van der Waals surface area contributed by atoms with Crippen LogP contribution in [0.1, 0.15) is 12.2 Å². The van der Waals surface area contributed by atoms with Crippen molar-refractivity contribution in [3.05, 3.63) is 36.3 Å². The molecule has 0 radical (unpaired) electrons. The van der Waals surface area contributed by atoms with Gasteiger partial charge in [0.15, 0.2) is 0 Å². The van der Waals surface area contributed by atoms with Crippen LogP contribution in [-0.4, -0.2) is 30.2 Å². The smallest absolute Gasteiger partial charge is 0.126 e. The summed E-state index contributed by atoms with van der Waals surface area (Å²) in [7, 11) is 1.66. The Morgan fingerprint density at radius 2 is 2.00 bits per heavy atom. The quantitative estimate of drug-likeness (QED) is 0.789. The zero-order valence-electron chi connectivity index (χ0n) is 11.9. The van der Waals surface area contributed by atoms with Gasteiger partial charge in [-0.15, -0.1) is 0 Å². The van der Waals surface area contributed by atoms with Crippen molar-refractivity contribution in [2.75, 3.05) is 25.5 Å². The fraction of sp³-hybridized carbons (Fsp3) is 0.333. The SMILES string of the molecule is COc1ccc(-c2nc(C)ncc2NCCCN)cc1. The summed E-state index contributed by atoms with van der Waals surface area (Å²) in [5.74, 6) is 1.58. The Balaban J connectivity index is 2.29. The normalized spacial score (nSPS) is 10.3. The number of anilines is 1. The number of rotatable bonds is 6. The van der Waals surface area contributed by atoms with Gasteiger partial charge in [-0.1, -0.05) is 0 Å². The molecule has 2 aromatic rings. The lowest BCUT2D eigenvalue weighted by Crippen LogP contribution is -2.10. The summed E-state index contributed by atoms with van der Waals surface area (Å²) in [6.07, 6.45) is 2.73. The number of aryl methyl sites for hydroxylation is 1. The standard InChI is InChI=1S/C15H20N4O/c1-11-18-10-14(17-9-3-8-16)15(19-11)12-4-6-13(20-2)7-5-12/h4-7,10,17H,3,8-9,16H2,1-2H3. The van der Waals surface area contributed by atoms with E-state index in [1.165, 1.54) is 0 Å². The second-order valence-corrected chi connectivity index (χ2v) is 4.48. The molecule has 0 unspecified atom stereocenters. The monoisotopic (exact) mass is 272 g/mol. The lowest BCUT2D eigenvalue weighted by molar-refractivity contribution is 0.415. The first-order chi connectivity index (χ1) is 9.74. The van der Waals surface area contributed by atoms with Gasteiger partial charge in [-0.2, -0.15) is 0 Å². The van der Waals surface area contributed by atoms with Crippen LogP contribution in [-0.2, 0) is 0 Å². The van der Waals surface area contributed by atoms with Crippen LogP contribution in [0.25, 0.3) is 11.3 Å². The first-order valence-corrected chi connectivity index (χ1v) is 6.66. The molecule has 0 saturated carbocycles. The van der Waals surface area contributed by atoms with Crippen molar-refractivity contribution >= 4 is 5.69 Å². The first-order valence-electron chi connectivity index (χ1n) is 6.66. The molecule has 0 bridgehead atoms. The van der Waals surface area contributed by atoms with E-state index in [9.17, 15) is 0 Å². The highest BCUT2D eigenvalue weighted by molar-refractivity contribution is 5.73. The van der Waals surface area contributed by atoms with Crippen LogP contribution in [0.2, 0.25) is 0 Å². The molecule has 5 heteroatoms. The average Bonchev–Trinajstić information content (AvgIpc) is 2.49. The number of benzene rings is 1. The number of hydrogen-bond acceptors (Lipinski definition) is 5. The van der Waals surface area contributed by atoms with E-state index in [0.717, 1.165) is 41.5 Å². The van der Waals surface area contributed by atoms with Crippen LogP contribution in [0.5, 0.6) is 5.75 Å². The van der Waals surface area contributed by atoms with E-state index in [1.54, 1.807) is 7.11 Å². The second kappa shape index (κ2) is 6.86. The number of nitrogens with two attached hydrogens (primary N) is 1. The Bertz CT molecular complexity index is 554. The Morgan fingerprint density at radius 1 is 1.25 bits per heavy atom. The molecule has 0 saturated heterocycles. The first kappa shape index (κ1) is 14.3. The van der Waals surface area contributed by atoms with E-state index in [4.69, 9.17) is 10.5 Å². The zero-order valence-corrected chi connectivity index (χ0v) is 11.9. The molecule has 0 aliphatic rings. The average molecular weight is 272 g/mol. The van der Waals surface area contributed by atoms with Crippen molar-refractivity contribution in [1.82, 2.24) is 9.97 Å². The maximum atomic E-state index is 5.51. The molecule has 3 N–H and O–H groups in total. The number of nitrogens with one attached hydrogen (secondary N) is 1. The van der Waals surface area contributed by atoms with E-state index >= 15 is 0 Å². The maximum Gasteiger partial charge on any atom is 0.126 e. The van der Waals surface area contributed by atoms with Crippen molar-refractivity contribution in [2.24, 2.45) is 5.73 Å². The van der Waals surface area contributed by atoms with Gasteiger partial charge >= 0.3 is 0 Å². The van der Waals surface area contributed by atoms with Crippen LogP contribution in [0.4, 0.5) is 5.69 Å². The van der Waals surface area contributed by atoms with Gasteiger partial charge in [-0.05, 0) is 44.2 Å². The second-order valence-electron chi connectivity index (χ2n) is 4.48. The molecule has 2 rings (SSSR count). The molecule has 106 valence electrons. The van der Waals surface area contributed by atoms with E-state index in [0.29, 0.717) is 6.54 Å². The van der Waals surface area contributed by atoms with Crippen molar-refractivity contribution in [3.63, 3.8) is 0 Å². The minimum Gasteiger partial charge on any atom is -0.497 e. The number of aromatic nitrogens is 2. The number of methoxy groups -OCH3 is 1. The number of hydrogen-bond donors (Lipinski definition) is 2. The molecule has 5 nitrogen and oxygen atoms in total. The summed E-state index contributed by atoms with van der Waals surface area (Å²) in [6, 6.07) is 7.84. The third kappa shape index (κ3) is 3.45. The van der Waals surface area contributed by atoms with Gasteiger partial charge in [-0.25, -0.2) is 9.97 Å². The Hall–Kier alpha value is -2.14. The lowest BCUT2D eigenvalue weighted by atomic mass is 10.1. The van der Waals surface area contributed by atoms with E-state index in [2.05, 4.69) is 15.3 Å². The fourth-order valence-electron chi connectivity index (χ4n) is 1.89. The minimum atomic E-state index is 0.664. The molecule has 0 aliphatic heterocycles. The van der Waals surface area contributed by atoms with Crippen molar-refractivity contribution in [2.45, 2.75) is 13.3 Å². The highest BCUT2D eigenvalue weighted by atomic mass is 16.5. The van der Waals surface area contributed by atoms with Crippen LogP contribution < -0.4 is 15.8 Å². The van der Waals surface area contributed by atoms with E-state index < -0.39 is 0 Å². The summed E-state index contributed by atoms with van der Waals surface area (Å²) < 4.78 is 5.18. The van der Waals surface area contributed by atoms with Crippen LogP contribution in [0.15, 0.2) is 30.5 Å². The van der Waals surface area contributed by atoms with Gasteiger partial charge in [-0.3, -0.25) is 0 Å². The van der Waals surface area contributed by atoms with Crippen molar-refractivity contribution in [3.8, 4) is 17.0 Å². The Kier molecular flexibility index (Phi) is 4.90. The topological polar surface area (TPSA) is 73.1 Å². The van der Waals surface area contributed by atoms with Crippen molar-refractivity contribution < 1.29 is 4.74 Å². The van der Waals surface area contributed by atoms with Gasteiger partial charge in [0.1, 0.15) is 11.6 Å². The molecule has 0 spiro atoms. The molecule has 0 amide bonds. The van der Waals surface area contributed by atoms with Crippen molar-refractivity contribution in [1.29, 1.82) is 0 Å². The largest absolute Gasteiger partial charge is 0.497 e. The Labute approximate surface area is 119 Å². The molecule has 20 heavy (non-hydrogen) atoms. The molecule has 0 atom stereocenters. The molecular formula is C15H20N4O. The highest BCUT2D eigenvalue weighted by Gasteiger charge is 2.08. The van der Waals surface area contributed by atoms with Gasteiger partial charge < -0.3 is 15.8 Å². The Morgan fingerprint density at radius 3 is 2.65 bits per heavy atom. The van der Waals surface area contributed by atoms with Gasteiger partial charge in [0.2, 0.25) is 0 Å². The van der Waals surface area contributed by atoms with E-state index in [-0.39, 0.29) is 0 Å². The van der Waals surface area contributed by atoms with E-state index in [1.807, 2.05) is 37.4 Å². The minimum absolute atomic E-state index is 0.664. The summed E-state index contributed by atoms with van der Waals surface area (Å²) in [6.45, 7) is 3.36. The molecule has 0 aliphatic carbocycles. The third-order valence-electron chi connectivity index (χ3n) is 2.97. The molecule has 1 heterocycles. The zero-order chi connectivity index (χ0) is 14.4. The van der Waals surface area contributed by atoms with Crippen LogP contribution in [0, 0.1) is 6.92 Å². The predicted molar refractivity (Wildman–Crippen MR) is 80.9 cm³/mol. The maximum absolute atomic E-state index is 5.51. The summed E-state index contributed by atoms with van der Waals surface area (Å²) >= 11 is 0. The van der Waals surface area contributed by atoms with Crippen LogP contribution in [0.3, 0.4) is 0 Å². The van der Waals surface area contributed by atoms with Crippen LogP contribution >= 0.6 is 0 Å². The number of ether oxygens (including phenoxy) is 1. The third-order valence-corrected chi connectivity index (χ3v) is 2.97. The van der Waals surface area contributed by atoms with Gasteiger partial charge in [0.25, 0.3) is 0 Å². The molecule has 0 fully saturated rings. The molecule has 1 aromatic carbocycles. The van der Waals surface area contributed by atoms with Gasteiger partial charge in [0, 0.05) is 12.1 Å². The fourth-order valence-corrected chi connectivity index (χ4v) is 1.89. The molecular weight excluding hydrogens is 252 g/mol. The summed E-state index contributed by atoms with van der Waals surface area (Å²) in [5.41, 5.74) is 8.37. The summed E-state index contributed by atoms with van der Waals surface area (Å²) in [4.78, 5) is 8.78. The van der Waals surface area contributed by atoms with Gasteiger partial charge in [0.05, 0.1) is 24.7 Å². The molecule has 1 aromatic heterocycles. The predicted octanol–water partition coefficient (Wildman–Crippen LogP) is 2.22. The lowest BCUT2D eigenvalue weighted by Gasteiger charge is -2.11. The highest BCUT2D eigenvalue weighted by Crippen LogP contribution is 2.27.